The van der Waals surface area contributed by atoms with Crippen molar-refractivity contribution in [2.75, 3.05) is 36.6 Å². The summed E-state index contributed by atoms with van der Waals surface area (Å²) in [6.07, 6.45) is -4.50. The Labute approximate surface area is 202 Å². The lowest BCUT2D eigenvalue weighted by Crippen LogP contribution is -2.17. The molecule has 2 aromatic carbocycles. The van der Waals surface area contributed by atoms with E-state index < -0.39 is 17.6 Å². The first kappa shape index (κ1) is 25.7. The highest BCUT2D eigenvalue weighted by Gasteiger charge is 2.30. The number of alkyl halides is 3. The predicted octanol–water partition coefficient (Wildman–Crippen LogP) is 3.59. The first-order valence-electron chi connectivity index (χ1n) is 9.95. The molecule has 35 heavy (non-hydrogen) atoms. The summed E-state index contributed by atoms with van der Waals surface area (Å²) in [7, 11) is 3.07. The Morgan fingerprint density at radius 2 is 1.89 bits per heavy atom. The molecule has 0 spiro atoms. The Balaban J connectivity index is 1.60. The fourth-order valence-corrected chi connectivity index (χ4v) is 3.47. The minimum atomic E-state index is -4.50. The molecule has 0 radical (unpaired) electrons. The quantitative estimate of drug-likeness (QED) is 0.173. The number of hydrogen-bond acceptors (Lipinski definition) is 9. The minimum Gasteiger partial charge on any atom is -0.493 e. The van der Waals surface area contributed by atoms with Gasteiger partial charge < -0.3 is 20.6 Å². The van der Waals surface area contributed by atoms with Crippen LogP contribution in [0.5, 0.6) is 11.5 Å². The van der Waals surface area contributed by atoms with Crippen LogP contribution in [0.3, 0.4) is 0 Å². The van der Waals surface area contributed by atoms with Gasteiger partial charge in [0.05, 0.1) is 31.2 Å². The van der Waals surface area contributed by atoms with E-state index in [4.69, 9.17) is 15.3 Å². The van der Waals surface area contributed by atoms with Crippen LogP contribution in [0.1, 0.15) is 18.1 Å². The highest BCUT2D eigenvalue weighted by atomic mass is 32.2. The number of nitrogens with one attached hydrogen (secondary N) is 2. The molecule has 186 valence electrons. The summed E-state index contributed by atoms with van der Waals surface area (Å²) in [4.78, 5) is 12.2. The average molecular weight is 510 g/mol. The summed E-state index contributed by atoms with van der Waals surface area (Å²) in [6.45, 7) is 1.76. The fraction of sp³-hybridized carbons (Fsp3) is 0.238. The molecule has 0 saturated heterocycles. The second-order valence-corrected chi connectivity index (χ2v) is 7.91. The lowest BCUT2D eigenvalue weighted by atomic mass is 10.1. The number of methoxy groups -OCH3 is 2. The van der Waals surface area contributed by atoms with Crippen LogP contribution in [0.25, 0.3) is 0 Å². The number of carbonyl (C=O) groups is 1. The van der Waals surface area contributed by atoms with E-state index >= 15 is 0 Å². The Hall–Kier alpha value is -3.94. The molecule has 0 aliphatic heterocycles. The van der Waals surface area contributed by atoms with Crippen molar-refractivity contribution in [2.45, 2.75) is 18.3 Å². The van der Waals surface area contributed by atoms with E-state index in [1.807, 2.05) is 0 Å². The molecule has 0 aliphatic rings. The van der Waals surface area contributed by atoms with E-state index in [0.717, 1.165) is 34.1 Å². The number of nitrogens with two attached hydrogens (primary N) is 1. The van der Waals surface area contributed by atoms with Gasteiger partial charge in [-0.25, -0.2) is 10.1 Å². The molecule has 0 aliphatic carbocycles. The number of aromatic nitrogens is 3. The Kier molecular flexibility index (Phi) is 8.06. The molecule has 3 aromatic rings. The molecule has 10 nitrogen and oxygen atoms in total. The molecular formula is C21H22F3N7O3S. The maximum Gasteiger partial charge on any atom is 0.416 e. The second-order valence-electron chi connectivity index (χ2n) is 6.97. The van der Waals surface area contributed by atoms with Crippen molar-refractivity contribution in [2.24, 2.45) is 5.10 Å². The zero-order chi connectivity index (χ0) is 25.6. The van der Waals surface area contributed by atoms with Crippen LogP contribution < -0.4 is 26.1 Å². The Morgan fingerprint density at radius 3 is 2.57 bits per heavy atom. The number of nitrogen functional groups attached to an aromatic ring is 1. The van der Waals surface area contributed by atoms with Crippen molar-refractivity contribution in [1.29, 1.82) is 0 Å². The van der Waals surface area contributed by atoms with Gasteiger partial charge >= 0.3 is 6.18 Å². The molecule has 1 aromatic heterocycles. The van der Waals surface area contributed by atoms with Crippen molar-refractivity contribution in [3.8, 4) is 11.5 Å². The van der Waals surface area contributed by atoms with Crippen molar-refractivity contribution in [1.82, 2.24) is 14.9 Å². The third-order valence-electron chi connectivity index (χ3n) is 4.60. The van der Waals surface area contributed by atoms with Gasteiger partial charge in [0.15, 0.2) is 11.5 Å². The van der Waals surface area contributed by atoms with E-state index in [-0.39, 0.29) is 22.5 Å². The van der Waals surface area contributed by atoms with Crippen LogP contribution in [-0.2, 0) is 11.0 Å². The van der Waals surface area contributed by atoms with Gasteiger partial charge in [-0.2, -0.15) is 18.3 Å². The van der Waals surface area contributed by atoms with E-state index in [9.17, 15) is 18.0 Å². The van der Waals surface area contributed by atoms with Crippen molar-refractivity contribution in [3.05, 3.63) is 53.6 Å². The lowest BCUT2D eigenvalue weighted by molar-refractivity contribution is -0.137. The fourth-order valence-electron chi connectivity index (χ4n) is 2.81. The van der Waals surface area contributed by atoms with Gasteiger partial charge in [0.1, 0.15) is 0 Å². The Bertz CT molecular complexity index is 1230. The monoisotopic (exact) mass is 509 g/mol. The number of anilines is 2. The number of carbonyl (C=O) groups excluding carboxylic acids is 1. The first-order valence-corrected chi connectivity index (χ1v) is 10.9. The summed E-state index contributed by atoms with van der Waals surface area (Å²) in [6, 6.07) is 9.67. The lowest BCUT2D eigenvalue weighted by Gasteiger charge is -2.10. The maximum atomic E-state index is 12.8. The number of thioether (sulfide) groups is 1. The van der Waals surface area contributed by atoms with E-state index in [2.05, 4.69) is 26.0 Å². The topological polar surface area (TPSA) is 129 Å². The van der Waals surface area contributed by atoms with Gasteiger partial charge in [0, 0.05) is 11.3 Å². The van der Waals surface area contributed by atoms with Gasteiger partial charge in [-0.05, 0) is 43.3 Å². The SMILES string of the molecule is COc1ccc(/C(C)=N/Nc2nnc(SCC(=O)Nc3cccc(C(F)(F)F)c3)n2N)cc1OC. The van der Waals surface area contributed by atoms with Gasteiger partial charge in [0.25, 0.3) is 5.95 Å². The third-order valence-corrected chi connectivity index (χ3v) is 5.54. The van der Waals surface area contributed by atoms with Crippen molar-refractivity contribution >= 4 is 35.0 Å². The van der Waals surface area contributed by atoms with Gasteiger partial charge in [-0.1, -0.05) is 17.8 Å². The summed E-state index contributed by atoms with van der Waals surface area (Å²) < 4.78 is 50.1. The molecular weight excluding hydrogens is 487 g/mol. The molecule has 0 saturated carbocycles. The van der Waals surface area contributed by atoms with Crippen LogP contribution in [0.4, 0.5) is 24.8 Å². The standard InChI is InChI=1S/C21H22F3N7O3S/c1-12(13-7-8-16(33-2)17(9-13)34-3)27-28-19-29-30-20(31(19)25)35-11-18(32)26-15-6-4-5-14(10-15)21(22,23)24/h4-10H,11,25H2,1-3H3,(H,26,32)(H,28,29)/b27-12+. The largest absolute Gasteiger partial charge is 0.493 e. The molecule has 0 bridgehead atoms. The highest BCUT2D eigenvalue weighted by molar-refractivity contribution is 7.99. The minimum absolute atomic E-state index is 0.0296. The first-order chi connectivity index (χ1) is 16.6. The molecule has 1 heterocycles. The number of hydrogen-bond donors (Lipinski definition) is 3. The summed E-state index contributed by atoms with van der Waals surface area (Å²) in [5, 5.41) is 14.6. The van der Waals surface area contributed by atoms with Crippen LogP contribution >= 0.6 is 11.8 Å². The number of amides is 1. The number of nitrogens with zero attached hydrogens (tertiary/aromatic N) is 4. The highest BCUT2D eigenvalue weighted by Crippen LogP contribution is 2.31. The van der Waals surface area contributed by atoms with Gasteiger partial charge in [-0.3, -0.25) is 4.79 Å². The number of rotatable bonds is 9. The molecule has 14 heteroatoms. The van der Waals surface area contributed by atoms with Crippen LogP contribution in [0.2, 0.25) is 0 Å². The predicted molar refractivity (Wildman–Crippen MR) is 126 cm³/mol. The van der Waals surface area contributed by atoms with Crippen LogP contribution in [-0.4, -0.2) is 46.5 Å². The zero-order valence-electron chi connectivity index (χ0n) is 18.9. The number of halogens is 3. The van der Waals surface area contributed by atoms with Gasteiger partial charge in [0.2, 0.25) is 11.1 Å². The smallest absolute Gasteiger partial charge is 0.416 e. The summed E-state index contributed by atoms with van der Waals surface area (Å²) in [5.74, 6) is 6.52. The number of ether oxygens (including phenoxy) is 2. The normalized spacial score (nSPS) is 11.8. The van der Waals surface area contributed by atoms with E-state index in [0.29, 0.717) is 17.2 Å². The molecule has 0 unspecified atom stereocenters. The van der Waals surface area contributed by atoms with Crippen molar-refractivity contribution < 1.29 is 27.4 Å². The molecule has 0 fully saturated rings. The molecule has 4 N–H and O–H groups in total. The summed E-state index contributed by atoms with van der Waals surface area (Å²) in [5.41, 5.74) is 3.24. The van der Waals surface area contributed by atoms with Crippen LogP contribution in [0, 0.1) is 0 Å². The second kappa shape index (κ2) is 11.0. The van der Waals surface area contributed by atoms with Crippen LogP contribution in [0.15, 0.2) is 52.7 Å². The maximum absolute atomic E-state index is 12.8. The average Bonchev–Trinajstić information content (AvgIpc) is 3.19. The zero-order valence-corrected chi connectivity index (χ0v) is 19.7. The molecule has 0 atom stereocenters. The molecule has 3 rings (SSSR count). The van der Waals surface area contributed by atoms with E-state index in [1.54, 1.807) is 32.2 Å². The Morgan fingerprint density at radius 1 is 1.14 bits per heavy atom. The number of benzene rings is 2. The third kappa shape index (κ3) is 6.56. The van der Waals surface area contributed by atoms with Gasteiger partial charge in [-0.15, -0.1) is 10.2 Å². The summed E-state index contributed by atoms with van der Waals surface area (Å²) >= 11 is 0.956. The van der Waals surface area contributed by atoms with Crippen molar-refractivity contribution in [3.63, 3.8) is 0 Å². The number of hydrazone groups is 1. The van der Waals surface area contributed by atoms with E-state index in [1.165, 1.54) is 19.2 Å². The molecule has 1 amide bonds.